The van der Waals surface area contributed by atoms with E-state index in [0.29, 0.717) is 5.92 Å². The van der Waals surface area contributed by atoms with E-state index in [4.69, 9.17) is 0 Å². The van der Waals surface area contributed by atoms with E-state index in [0.717, 1.165) is 31.2 Å². The summed E-state index contributed by atoms with van der Waals surface area (Å²) in [5.41, 5.74) is 1.93. The predicted octanol–water partition coefficient (Wildman–Crippen LogP) is 3.57. The Morgan fingerprint density at radius 3 is 2.33 bits per heavy atom. The minimum absolute atomic E-state index is 0.492. The zero-order chi connectivity index (χ0) is 10.9. The molecule has 82 valence electrons. The lowest BCUT2D eigenvalue weighted by Gasteiger charge is -2.27. The van der Waals surface area contributed by atoms with Crippen molar-refractivity contribution >= 4 is 0 Å². The van der Waals surface area contributed by atoms with Crippen LogP contribution in [0.1, 0.15) is 56.6 Å². The summed E-state index contributed by atoms with van der Waals surface area (Å²) in [6.07, 6.45) is 4.17. The summed E-state index contributed by atoms with van der Waals surface area (Å²) >= 11 is 0. The van der Waals surface area contributed by atoms with Gasteiger partial charge in [-0.15, -0.1) is 0 Å². The van der Waals surface area contributed by atoms with Crippen LogP contribution in [0, 0.1) is 0 Å². The van der Waals surface area contributed by atoms with Crippen LogP contribution in [-0.4, -0.2) is 5.11 Å². The molecule has 1 nitrogen and oxygen atoms in total. The third kappa shape index (κ3) is 1.93. The summed E-state index contributed by atoms with van der Waals surface area (Å²) < 4.78 is 0. The molecule has 0 saturated heterocycles. The van der Waals surface area contributed by atoms with Crippen LogP contribution in [0.2, 0.25) is 0 Å². The molecule has 1 aromatic carbocycles. The van der Waals surface area contributed by atoms with Crippen molar-refractivity contribution in [3.8, 4) is 0 Å². The van der Waals surface area contributed by atoms with Gasteiger partial charge in [-0.25, -0.2) is 0 Å². The van der Waals surface area contributed by atoms with Crippen LogP contribution in [0.3, 0.4) is 0 Å². The van der Waals surface area contributed by atoms with E-state index in [1.165, 1.54) is 5.56 Å². The first-order chi connectivity index (χ1) is 7.13. The molecule has 2 rings (SSSR count). The first kappa shape index (κ1) is 10.7. The number of aliphatic hydroxyl groups is 1. The Morgan fingerprint density at radius 1 is 1.13 bits per heavy atom. The van der Waals surface area contributed by atoms with Gasteiger partial charge in [-0.2, -0.15) is 0 Å². The second-order valence-corrected chi connectivity index (χ2v) is 4.98. The molecule has 0 atom stereocenters. The molecule has 15 heavy (non-hydrogen) atoms. The monoisotopic (exact) mass is 204 g/mol. The van der Waals surface area contributed by atoms with E-state index in [9.17, 15) is 5.11 Å². The van der Waals surface area contributed by atoms with Gasteiger partial charge in [0.2, 0.25) is 0 Å². The largest absolute Gasteiger partial charge is 0.385 e. The van der Waals surface area contributed by atoms with Gasteiger partial charge in [0.25, 0.3) is 0 Å². The van der Waals surface area contributed by atoms with Gasteiger partial charge < -0.3 is 5.11 Å². The lowest BCUT2D eigenvalue weighted by Crippen LogP contribution is -2.23. The fraction of sp³-hybridized carbons (Fsp3) is 0.571. The fourth-order valence-corrected chi connectivity index (χ4v) is 2.65. The van der Waals surface area contributed by atoms with Gasteiger partial charge in [0, 0.05) is 0 Å². The van der Waals surface area contributed by atoms with Crippen molar-refractivity contribution in [3.05, 3.63) is 35.4 Å². The second-order valence-electron chi connectivity index (χ2n) is 4.98. The fourth-order valence-electron chi connectivity index (χ4n) is 2.65. The first-order valence-electron chi connectivity index (χ1n) is 5.95. The average Bonchev–Trinajstić information content (AvgIpc) is 2.66. The Balaban J connectivity index is 2.42. The normalized spacial score (nSPS) is 19.7. The highest BCUT2D eigenvalue weighted by atomic mass is 16.3. The zero-order valence-electron chi connectivity index (χ0n) is 9.66. The molecule has 1 fully saturated rings. The van der Waals surface area contributed by atoms with Crippen LogP contribution in [0.15, 0.2) is 24.3 Å². The molecular formula is C14H20O. The van der Waals surface area contributed by atoms with Crippen molar-refractivity contribution in [2.45, 2.75) is 51.0 Å². The van der Waals surface area contributed by atoms with Gasteiger partial charge in [0.1, 0.15) is 0 Å². The summed E-state index contributed by atoms with van der Waals surface area (Å²) in [6, 6.07) is 8.35. The van der Waals surface area contributed by atoms with Crippen molar-refractivity contribution < 1.29 is 5.11 Å². The van der Waals surface area contributed by atoms with E-state index in [1.807, 2.05) is 6.07 Å². The van der Waals surface area contributed by atoms with E-state index < -0.39 is 5.60 Å². The summed E-state index contributed by atoms with van der Waals surface area (Å²) in [5, 5.41) is 10.6. The van der Waals surface area contributed by atoms with E-state index in [1.54, 1.807) is 0 Å². The molecule has 0 bridgehead atoms. The van der Waals surface area contributed by atoms with Crippen LogP contribution in [0.5, 0.6) is 0 Å². The summed E-state index contributed by atoms with van der Waals surface area (Å²) in [7, 11) is 0. The Kier molecular flexibility index (Phi) is 2.83. The summed E-state index contributed by atoms with van der Waals surface area (Å²) in [4.78, 5) is 0. The van der Waals surface area contributed by atoms with Crippen molar-refractivity contribution in [3.63, 3.8) is 0 Å². The molecule has 0 radical (unpaired) electrons. The standard InChI is InChI=1S/C14H20O/c1-11(2)12-7-3-4-8-13(12)14(15)9-5-6-10-14/h3-4,7-8,11,15H,5-6,9-10H2,1-2H3. The number of hydrogen-bond donors (Lipinski definition) is 1. The van der Waals surface area contributed by atoms with Crippen molar-refractivity contribution in [1.29, 1.82) is 0 Å². The highest BCUT2D eigenvalue weighted by molar-refractivity contribution is 5.35. The Bertz CT molecular complexity index is 335. The summed E-state index contributed by atoms with van der Waals surface area (Å²) in [6.45, 7) is 4.38. The van der Waals surface area contributed by atoms with E-state index >= 15 is 0 Å². The molecule has 0 aromatic heterocycles. The maximum Gasteiger partial charge on any atom is 0.0899 e. The molecule has 0 heterocycles. The van der Waals surface area contributed by atoms with Gasteiger partial charge >= 0.3 is 0 Å². The smallest absolute Gasteiger partial charge is 0.0899 e. The Hall–Kier alpha value is -0.820. The molecule has 1 aliphatic rings. The van der Waals surface area contributed by atoms with Gasteiger partial charge in [-0.3, -0.25) is 0 Å². The Morgan fingerprint density at radius 2 is 1.73 bits per heavy atom. The minimum Gasteiger partial charge on any atom is -0.385 e. The maximum atomic E-state index is 10.6. The van der Waals surface area contributed by atoms with Crippen molar-refractivity contribution in [1.82, 2.24) is 0 Å². The molecule has 0 spiro atoms. The third-order valence-electron chi connectivity index (χ3n) is 3.51. The SMILES string of the molecule is CC(C)c1ccccc1C1(O)CCCC1. The Labute approximate surface area is 92.1 Å². The van der Waals surface area contributed by atoms with Crippen LogP contribution in [-0.2, 0) is 5.60 Å². The highest BCUT2D eigenvalue weighted by Crippen LogP contribution is 2.41. The van der Waals surface area contributed by atoms with Gasteiger partial charge in [0.15, 0.2) is 0 Å². The van der Waals surface area contributed by atoms with Crippen molar-refractivity contribution in [2.24, 2.45) is 0 Å². The van der Waals surface area contributed by atoms with E-state index in [-0.39, 0.29) is 0 Å². The molecule has 0 unspecified atom stereocenters. The molecule has 1 aromatic rings. The molecule has 1 aliphatic carbocycles. The average molecular weight is 204 g/mol. The van der Waals surface area contributed by atoms with Crippen molar-refractivity contribution in [2.75, 3.05) is 0 Å². The second kappa shape index (κ2) is 3.97. The van der Waals surface area contributed by atoms with E-state index in [2.05, 4.69) is 32.0 Å². The lowest BCUT2D eigenvalue weighted by atomic mass is 9.84. The number of hydrogen-bond acceptors (Lipinski definition) is 1. The number of benzene rings is 1. The number of rotatable bonds is 2. The van der Waals surface area contributed by atoms with Crippen LogP contribution in [0.25, 0.3) is 0 Å². The topological polar surface area (TPSA) is 20.2 Å². The molecule has 0 aliphatic heterocycles. The van der Waals surface area contributed by atoms with Gasteiger partial charge in [-0.05, 0) is 29.9 Å². The van der Waals surface area contributed by atoms with Crippen LogP contribution in [0.4, 0.5) is 0 Å². The summed E-state index contributed by atoms with van der Waals surface area (Å²) in [5.74, 6) is 0.492. The first-order valence-corrected chi connectivity index (χ1v) is 5.95. The third-order valence-corrected chi connectivity index (χ3v) is 3.51. The van der Waals surface area contributed by atoms with Crippen LogP contribution >= 0.6 is 0 Å². The minimum atomic E-state index is -0.541. The van der Waals surface area contributed by atoms with Crippen LogP contribution < -0.4 is 0 Å². The zero-order valence-corrected chi connectivity index (χ0v) is 9.66. The highest BCUT2D eigenvalue weighted by Gasteiger charge is 2.34. The molecule has 1 saturated carbocycles. The maximum absolute atomic E-state index is 10.6. The molecule has 1 N–H and O–H groups in total. The quantitative estimate of drug-likeness (QED) is 0.780. The molecular weight excluding hydrogens is 184 g/mol. The van der Waals surface area contributed by atoms with Gasteiger partial charge in [0.05, 0.1) is 5.60 Å². The lowest BCUT2D eigenvalue weighted by molar-refractivity contribution is 0.0433. The van der Waals surface area contributed by atoms with Gasteiger partial charge in [-0.1, -0.05) is 51.0 Å². The molecule has 0 amide bonds. The molecule has 1 heteroatoms. The predicted molar refractivity (Wildman–Crippen MR) is 62.9 cm³/mol.